The van der Waals surface area contributed by atoms with Crippen LogP contribution in [0, 0.1) is 7.11 Å². The van der Waals surface area contributed by atoms with Crippen LogP contribution in [0.2, 0.25) is 0 Å². The predicted octanol–water partition coefficient (Wildman–Crippen LogP) is 1.35. The van der Waals surface area contributed by atoms with E-state index in [1.165, 1.54) is 12.8 Å². The van der Waals surface area contributed by atoms with E-state index in [4.69, 9.17) is 4.74 Å². The number of hydrogen-bond donors (Lipinski definition) is 0. The third-order valence-corrected chi connectivity index (χ3v) is 1.30. The van der Waals surface area contributed by atoms with Gasteiger partial charge in [0.2, 0.25) is 0 Å². The Bertz CT molecular complexity index is 55.0. The zero-order valence-electron chi connectivity index (χ0n) is 4.03. The van der Waals surface area contributed by atoms with Gasteiger partial charge in [0, 0.05) is 0 Å². The zero-order valence-corrected chi connectivity index (χ0v) is 4.03. The first-order valence-electron chi connectivity index (χ1n) is 2.20. The minimum Gasteiger partial charge on any atom is -0.373 e. The maximum absolute atomic E-state index is 4.80. The van der Waals surface area contributed by atoms with Gasteiger partial charge >= 0.3 is 0 Å². The summed E-state index contributed by atoms with van der Waals surface area (Å²) >= 11 is 0. The van der Waals surface area contributed by atoms with E-state index in [1.54, 1.807) is 0 Å². The van der Waals surface area contributed by atoms with Gasteiger partial charge in [-0.15, -0.1) is 0 Å². The minimum atomic E-state index is 0.181. The molecule has 0 amide bonds. The molecule has 0 aromatic heterocycles. The molecule has 0 heterocycles. The Balaban J connectivity index is 2.28. The summed E-state index contributed by atoms with van der Waals surface area (Å²) in [5, 5.41) is 0. The summed E-state index contributed by atoms with van der Waals surface area (Å²) in [6.07, 6.45) is 2.38. The maximum Gasteiger partial charge on any atom is 0.0708 e. The molecule has 1 nitrogen and oxygen atoms in total. The summed E-state index contributed by atoms with van der Waals surface area (Å²) in [6.45, 7) is 2.07. The zero-order chi connectivity index (χ0) is 4.62. The Labute approximate surface area is 38.3 Å². The van der Waals surface area contributed by atoms with E-state index in [-0.39, 0.29) is 5.60 Å². The van der Waals surface area contributed by atoms with Crippen molar-refractivity contribution in [1.82, 2.24) is 0 Å². The minimum absolute atomic E-state index is 0.181. The highest BCUT2D eigenvalue weighted by Crippen LogP contribution is 2.37. The quantitative estimate of drug-likeness (QED) is 0.467. The summed E-state index contributed by atoms with van der Waals surface area (Å²) in [5.41, 5.74) is 0.181. The molecule has 0 spiro atoms. The number of rotatable bonds is 1. The second-order valence-corrected chi connectivity index (χ2v) is 2.09. The van der Waals surface area contributed by atoms with E-state index >= 15 is 0 Å². The van der Waals surface area contributed by atoms with Crippen LogP contribution < -0.4 is 0 Å². The van der Waals surface area contributed by atoms with Gasteiger partial charge in [-0.1, -0.05) is 0 Å². The van der Waals surface area contributed by atoms with Crippen molar-refractivity contribution in [2.24, 2.45) is 0 Å². The van der Waals surface area contributed by atoms with E-state index in [1.807, 2.05) is 0 Å². The van der Waals surface area contributed by atoms with Crippen LogP contribution >= 0.6 is 0 Å². The standard InChI is InChI=1S/C5H9O/c1-5(6-2)3-4-5/h2-4H2,1H3. The molecule has 1 saturated carbocycles. The molecule has 0 saturated heterocycles. The molecule has 0 aromatic carbocycles. The fraction of sp³-hybridized carbons (Fsp3) is 0.800. The Morgan fingerprint density at radius 1 is 1.67 bits per heavy atom. The Morgan fingerprint density at radius 3 is 2.17 bits per heavy atom. The molecule has 0 atom stereocenters. The van der Waals surface area contributed by atoms with Crippen molar-refractivity contribution < 1.29 is 4.74 Å². The second kappa shape index (κ2) is 0.969. The van der Waals surface area contributed by atoms with Crippen LogP contribution in [-0.4, -0.2) is 5.60 Å². The molecule has 1 radical (unpaired) electrons. The van der Waals surface area contributed by atoms with Gasteiger partial charge in [0.25, 0.3) is 0 Å². The molecule has 1 fully saturated rings. The van der Waals surface area contributed by atoms with Crippen molar-refractivity contribution in [2.75, 3.05) is 0 Å². The lowest BCUT2D eigenvalue weighted by molar-refractivity contribution is 0.133. The molecule has 1 aliphatic rings. The van der Waals surface area contributed by atoms with Gasteiger partial charge in [0.05, 0.1) is 12.7 Å². The molecular formula is C5H9O. The van der Waals surface area contributed by atoms with Crippen LogP contribution in [0.25, 0.3) is 0 Å². The van der Waals surface area contributed by atoms with Crippen molar-refractivity contribution >= 4 is 0 Å². The fourth-order valence-corrected chi connectivity index (χ4v) is 0.320. The van der Waals surface area contributed by atoms with E-state index < -0.39 is 0 Å². The smallest absolute Gasteiger partial charge is 0.0708 e. The largest absolute Gasteiger partial charge is 0.373 e. The molecule has 1 aliphatic carbocycles. The third kappa shape index (κ3) is 0.548. The fourth-order valence-electron chi connectivity index (χ4n) is 0.320. The highest BCUT2D eigenvalue weighted by molar-refractivity contribution is 4.90. The van der Waals surface area contributed by atoms with Crippen LogP contribution in [0.3, 0.4) is 0 Å². The highest BCUT2D eigenvalue weighted by atomic mass is 16.5. The summed E-state index contributed by atoms with van der Waals surface area (Å²) in [5.74, 6) is 0. The summed E-state index contributed by atoms with van der Waals surface area (Å²) in [4.78, 5) is 0. The van der Waals surface area contributed by atoms with Gasteiger partial charge in [-0.25, -0.2) is 0 Å². The van der Waals surface area contributed by atoms with Gasteiger partial charge < -0.3 is 4.74 Å². The third-order valence-electron chi connectivity index (χ3n) is 1.30. The summed E-state index contributed by atoms with van der Waals surface area (Å²) < 4.78 is 4.80. The highest BCUT2D eigenvalue weighted by Gasteiger charge is 2.36. The topological polar surface area (TPSA) is 9.23 Å². The average Bonchev–Trinajstić information content (AvgIpc) is 2.22. The van der Waals surface area contributed by atoms with Gasteiger partial charge in [-0.3, -0.25) is 0 Å². The summed E-state index contributed by atoms with van der Waals surface area (Å²) in [6, 6.07) is 0. The molecule has 0 aromatic rings. The van der Waals surface area contributed by atoms with Crippen LogP contribution in [0.1, 0.15) is 19.8 Å². The molecule has 1 heteroatoms. The van der Waals surface area contributed by atoms with Crippen LogP contribution in [0.4, 0.5) is 0 Å². The number of hydrogen-bond acceptors (Lipinski definition) is 1. The molecule has 0 unspecified atom stereocenters. The lowest BCUT2D eigenvalue weighted by Crippen LogP contribution is -2.00. The van der Waals surface area contributed by atoms with Gasteiger partial charge in [0.1, 0.15) is 0 Å². The van der Waals surface area contributed by atoms with Crippen molar-refractivity contribution in [3.63, 3.8) is 0 Å². The van der Waals surface area contributed by atoms with Crippen molar-refractivity contribution in [1.29, 1.82) is 0 Å². The van der Waals surface area contributed by atoms with E-state index in [9.17, 15) is 0 Å². The van der Waals surface area contributed by atoms with Crippen molar-refractivity contribution in [3.8, 4) is 0 Å². The normalized spacial score (nSPS) is 27.0. The molecule has 6 heavy (non-hydrogen) atoms. The van der Waals surface area contributed by atoms with Crippen LogP contribution in [0.5, 0.6) is 0 Å². The lowest BCUT2D eigenvalue weighted by Gasteiger charge is -1.99. The van der Waals surface area contributed by atoms with Crippen LogP contribution in [0.15, 0.2) is 0 Å². The van der Waals surface area contributed by atoms with E-state index in [0.29, 0.717) is 0 Å². The molecule has 0 aliphatic heterocycles. The molecular weight excluding hydrogens is 76.1 g/mol. The van der Waals surface area contributed by atoms with Gasteiger partial charge in [0.15, 0.2) is 0 Å². The molecule has 0 bridgehead atoms. The number of ether oxygens (including phenoxy) is 1. The Hall–Kier alpha value is -0.0400. The van der Waals surface area contributed by atoms with Gasteiger partial charge in [-0.2, -0.15) is 0 Å². The van der Waals surface area contributed by atoms with Gasteiger partial charge in [-0.05, 0) is 19.8 Å². The van der Waals surface area contributed by atoms with Crippen molar-refractivity contribution in [3.05, 3.63) is 7.11 Å². The SMILES string of the molecule is [CH2]OC1(C)CC1. The predicted molar refractivity (Wildman–Crippen MR) is 24.1 cm³/mol. The van der Waals surface area contributed by atoms with E-state index in [2.05, 4.69) is 14.0 Å². The lowest BCUT2D eigenvalue weighted by atomic mass is 10.4. The molecule has 35 valence electrons. The first kappa shape index (κ1) is 4.13. The first-order valence-corrected chi connectivity index (χ1v) is 2.20. The van der Waals surface area contributed by atoms with Crippen molar-refractivity contribution in [2.45, 2.75) is 25.4 Å². The Kier molecular flexibility index (Phi) is 0.667. The Morgan fingerprint density at radius 2 is 2.17 bits per heavy atom. The molecule has 0 N–H and O–H groups in total. The maximum atomic E-state index is 4.80. The second-order valence-electron chi connectivity index (χ2n) is 2.09. The first-order chi connectivity index (χ1) is 2.77. The summed E-state index contributed by atoms with van der Waals surface area (Å²) in [7, 11) is 3.32. The monoisotopic (exact) mass is 85.1 g/mol. The molecule has 1 rings (SSSR count). The van der Waals surface area contributed by atoms with E-state index in [0.717, 1.165) is 0 Å². The van der Waals surface area contributed by atoms with Crippen LogP contribution in [-0.2, 0) is 4.74 Å². The average molecular weight is 85.1 g/mol.